The molecular formula is C16H22N2O4. The summed E-state index contributed by atoms with van der Waals surface area (Å²) in [5, 5.41) is 32.6. The fraction of sp³-hybridized carbons (Fsp3) is 0.438. The number of benzene rings is 1. The quantitative estimate of drug-likeness (QED) is 0.456. The van der Waals surface area contributed by atoms with Gasteiger partial charge in [0.1, 0.15) is 11.3 Å². The second-order valence-corrected chi connectivity index (χ2v) is 5.50. The molecule has 1 atom stereocenters. The predicted octanol–water partition coefficient (Wildman–Crippen LogP) is 1.24. The molecule has 0 saturated carbocycles. The van der Waals surface area contributed by atoms with Crippen LogP contribution >= 0.6 is 0 Å². The van der Waals surface area contributed by atoms with Crippen molar-refractivity contribution in [3.63, 3.8) is 0 Å². The van der Waals surface area contributed by atoms with Crippen molar-refractivity contribution in [3.05, 3.63) is 40.2 Å². The summed E-state index contributed by atoms with van der Waals surface area (Å²) in [6.45, 7) is 3.15. The fourth-order valence-electron chi connectivity index (χ4n) is 2.48. The molecule has 0 aliphatic rings. The summed E-state index contributed by atoms with van der Waals surface area (Å²) in [6.07, 6.45) is 2.32. The molecule has 0 amide bonds. The number of phenolic OH excluding ortho intramolecular Hbond substituents is 1. The number of aliphatic hydroxyl groups is 1. The Labute approximate surface area is 128 Å². The number of unbranched alkanes of at least 4 members (excludes halogenated alkanes) is 1. The van der Waals surface area contributed by atoms with Crippen molar-refractivity contribution in [2.24, 2.45) is 0 Å². The number of rotatable bonds is 7. The molecule has 0 bridgehead atoms. The summed E-state index contributed by atoms with van der Waals surface area (Å²) in [7, 11) is 0. The van der Waals surface area contributed by atoms with Gasteiger partial charge < -0.3 is 20.7 Å². The second kappa shape index (κ2) is 7.29. The number of phenols is 1. The minimum absolute atomic E-state index is 0.113. The molecule has 1 aromatic carbocycles. The maximum atomic E-state index is 11.5. The lowest BCUT2D eigenvalue weighted by Gasteiger charge is -2.10. The van der Waals surface area contributed by atoms with Gasteiger partial charge in [-0.15, -0.1) is 4.73 Å². The van der Waals surface area contributed by atoms with Gasteiger partial charge in [0.2, 0.25) is 0 Å². The average Bonchev–Trinajstić information content (AvgIpc) is 2.47. The Morgan fingerprint density at radius 3 is 2.73 bits per heavy atom. The van der Waals surface area contributed by atoms with Crippen molar-refractivity contribution in [2.45, 2.75) is 32.3 Å². The van der Waals surface area contributed by atoms with Crippen LogP contribution in [0, 0.1) is 0 Å². The highest BCUT2D eigenvalue weighted by Crippen LogP contribution is 2.26. The number of aromatic nitrogens is 1. The Balaban J connectivity index is 2.05. The molecule has 6 nitrogen and oxygen atoms in total. The van der Waals surface area contributed by atoms with Crippen molar-refractivity contribution in [2.75, 3.05) is 13.1 Å². The van der Waals surface area contributed by atoms with Gasteiger partial charge in [-0.2, -0.15) is 0 Å². The van der Waals surface area contributed by atoms with E-state index in [1.165, 1.54) is 12.1 Å². The van der Waals surface area contributed by atoms with E-state index in [4.69, 9.17) is 5.11 Å². The van der Waals surface area contributed by atoms with E-state index in [-0.39, 0.29) is 17.4 Å². The van der Waals surface area contributed by atoms with Crippen LogP contribution in [0.25, 0.3) is 10.9 Å². The monoisotopic (exact) mass is 306 g/mol. The smallest absolute Gasteiger partial charge is 0.283 e. The highest BCUT2D eigenvalue weighted by Gasteiger charge is 2.10. The van der Waals surface area contributed by atoms with Gasteiger partial charge in [-0.3, -0.25) is 4.79 Å². The molecule has 1 heterocycles. The standard InChI is InChI=1S/C16H22N2O4/c1-11(19)10-17-9-3-2-4-12-5-7-14(20)16-13(12)6-8-15(21)18(16)22/h5-8,11,17,19-20,22H,2-4,9-10H2,1H3. The van der Waals surface area contributed by atoms with Crippen LogP contribution in [0.2, 0.25) is 0 Å². The molecule has 0 saturated heterocycles. The van der Waals surface area contributed by atoms with Gasteiger partial charge in [0.05, 0.1) is 6.10 Å². The van der Waals surface area contributed by atoms with Gasteiger partial charge in [-0.1, -0.05) is 6.07 Å². The number of nitrogens with one attached hydrogen (secondary N) is 1. The molecule has 0 aliphatic carbocycles. The largest absolute Gasteiger partial charge is 0.506 e. The molecule has 0 spiro atoms. The number of fused-ring (bicyclic) bond motifs is 1. The third-order valence-electron chi connectivity index (χ3n) is 3.59. The summed E-state index contributed by atoms with van der Waals surface area (Å²) in [5.41, 5.74) is 0.561. The Morgan fingerprint density at radius 1 is 1.23 bits per heavy atom. The third kappa shape index (κ3) is 3.78. The third-order valence-corrected chi connectivity index (χ3v) is 3.59. The van der Waals surface area contributed by atoms with E-state index < -0.39 is 5.56 Å². The lowest BCUT2D eigenvalue weighted by atomic mass is 10.0. The SMILES string of the molecule is CC(O)CNCCCCc1ccc(O)c2c1ccc(=O)n2O. The van der Waals surface area contributed by atoms with E-state index in [9.17, 15) is 15.1 Å². The molecule has 120 valence electrons. The molecule has 22 heavy (non-hydrogen) atoms. The highest BCUT2D eigenvalue weighted by atomic mass is 16.5. The van der Waals surface area contributed by atoms with Crippen molar-refractivity contribution in [1.29, 1.82) is 0 Å². The topological polar surface area (TPSA) is 94.7 Å². The van der Waals surface area contributed by atoms with Crippen LogP contribution in [0.4, 0.5) is 0 Å². The first-order valence-electron chi connectivity index (χ1n) is 7.45. The van der Waals surface area contributed by atoms with Crippen LogP contribution in [0.5, 0.6) is 5.75 Å². The number of hydrogen-bond acceptors (Lipinski definition) is 5. The Morgan fingerprint density at radius 2 is 2.00 bits per heavy atom. The van der Waals surface area contributed by atoms with E-state index in [0.717, 1.165) is 31.4 Å². The molecule has 1 aromatic heterocycles. The summed E-state index contributed by atoms with van der Waals surface area (Å²) >= 11 is 0. The number of aryl methyl sites for hydroxylation is 1. The highest BCUT2D eigenvalue weighted by molar-refractivity contribution is 5.87. The first-order chi connectivity index (χ1) is 10.5. The van der Waals surface area contributed by atoms with Gasteiger partial charge in [0.25, 0.3) is 5.56 Å². The van der Waals surface area contributed by atoms with Gasteiger partial charge >= 0.3 is 0 Å². The Bertz CT molecular complexity index is 694. The van der Waals surface area contributed by atoms with Gasteiger partial charge in [-0.25, -0.2) is 0 Å². The number of hydrogen-bond donors (Lipinski definition) is 4. The van der Waals surface area contributed by atoms with Gasteiger partial charge in [0, 0.05) is 18.0 Å². The van der Waals surface area contributed by atoms with Crippen molar-refractivity contribution in [3.8, 4) is 5.75 Å². The zero-order valence-corrected chi connectivity index (χ0v) is 12.6. The lowest BCUT2D eigenvalue weighted by Crippen LogP contribution is -2.25. The first-order valence-corrected chi connectivity index (χ1v) is 7.45. The van der Waals surface area contributed by atoms with E-state index in [1.54, 1.807) is 13.0 Å². The molecule has 0 fully saturated rings. The van der Waals surface area contributed by atoms with Crippen molar-refractivity contribution in [1.82, 2.24) is 10.0 Å². The summed E-state index contributed by atoms with van der Waals surface area (Å²) < 4.78 is 0.484. The molecule has 6 heteroatoms. The normalized spacial score (nSPS) is 12.6. The minimum atomic E-state index is -0.567. The second-order valence-electron chi connectivity index (χ2n) is 5.50. The maximum absolute atomic E-state index is 11.5. The van der Waals surface area contributed by atoms with E-state index in [0.29, 0.717) is 16.7 Å². The summed E-state index contributed by atoms with van der Waals surface area (Å²) in [5.74, 6) is -0.113. The Kier molecular flexibility index (Phi) is 5.41. The molecular weight excluding hydrogens is 284 g/mol. The molecule has 1 unspecified atom stereocenters. The van der Waals surface area contributed by atoms with Crippen molar-refractivity contribution < 1.29 is 15.4 Å². The number of aromatic hydroxyl groups is 1. The van der Waals surface area contributed by atoms with E-state index >= 15 is 0 Å². The van der Waals surface area contributed by atoms with Crippen LogP contribution < -0.4 is 10.9 Å². The summed E-state index contributed by atoms with van der Waals surface area (Å²) in [6, 6.07) is 6.22. The molecule has 4 N–H and O–H groups in total. The predicted molar refractivity (Wildman–Crippen MR) is 84.5 cm³/mol. The zero-order valence-electron chi connectivity index (χ0n) is 12.6. The van der Waals surface area contributed by atoms with Crippen molar-refractivity contribution >= 4 is 10.9 Å². The van der Waals surface area contributed by atoms with Crippen LogP contribution in [-0.2, 0) is 6.42 Å². The van der Waals surface area contributed by atoms with Crippen LogP contribution in [0.1, 0.15) is 25.3 Å². The van der Waals surface area contributed by atoms with Crippen LogP contribution in [0.3, 0.4) is 0 Å². The molecule has 0 aliphatic heterocycles. The maximum Gasteiger partial charge on any atom is 0.283 e. The Hall–Kier alpha value is -2.05. The average molecular weight is 306 g/mol. The molecule has 0 radical (unpaired) electrons. The number of nitrogens with zero attached hydrogens (tertiary/aromatic N) is 1. The van der Waals surface area contributed by atoms with E-state index in [2.05, 4.69) is 5.32 Å². The number of aliphatic hydroxyl groups excluding tert-OH is 1. The minimum Gasteiger partial charge on any atom is -0.506 e. The van der Waals surface area contributed by atoms with Gasteiger partial charge in [0.15, 0.2) is 0 Å². The van der Waals surface area contributed by atoms with Crippen LogP contribution in [-0.4, -0.2) is 39.3 Å². The fourth-order valence-corrected chi connectivity index (χ4v) is 2.48. The molecule has 2 aromatic rings. The first kappa shape index (κ1) is 16.3. The zero-order chi connectivity index (χ0) is 16.1. The van der Waals surface area contributed by atoms with E-state index in [1.807, 2.05) is 6.07 Å². The summed E-state index contributed by atoms with van der Waals surface area (Å²) in [4.78, 5) is 11.5. The lowest BCUT2D eigenvalue weighted by molar-refractivity contribution is 0.187. The molecule has 2 rings (SSSR count). The van der Waals surface area contributed by atoms with Gasteiger partial charge in [-0.05, 0) is 50.4 Å². The number of pyridine rings is 1. The van der Waals surface area contributed by atoms with Crippen LogP contribution in [0.15, 0.2) is 29.1 Å².